The first-order valence-electron chi connectivity index (χ1n) is 15.8. The van der Waals surface area contributed by atoms with E-state index in [1.165, 1.54) is 11.6 Å². The molecule has 0 atom stereocenters. The van der Waals surface area contributed by atoms with Gasteiger partial charge < -0.3 is 28.9 Å². The number of nitrogens with one attached hydrogen (secondary N) is 2. The molecule has 0 aliphatic rings. The van der Waals surface area contributed by atoms with Gasteiger partial charge in [-0.25, -0.2) is 0 Å². The maximum Gasteiger partial charge on any atom is 0.249 e. The first-order chi connectivity index (χ1) is 24.9. The summed E-state index contributed by atoms with van der Waals surface area (Å²) in [6.45, 7) is 0.964. The molecule has 0 saturated heterocycles. The number of thioether (sulfide) groups is 1. The second-order valence-electron chi connectivity index (χ2n) is 10.7. The van der Waals surface area contributed by atoms with Gasteiger partial charge in [-0.15, -0.1) is 11.8 Å². The van der Waals surface area contributed by atoms with Crippen LogP contribution in [-0.4, -0.2) is 24.2 Å². The minimum Gasteiger partial charge on any atom is -0.497 e. The van der Waals surface area contributed by atoms with E-state index in [1.54, 1.807) is 44.4 Å². The van der Waals surface area contributed by atoms with Crippen LogP contribution < -0.4 is 30.1 Å². The third-order valence-corrected chi connectivity index (χ3v) is 9.37. The van der Waals surface area contributed by atoms with Crippen molar-refractivity contribution in [2.24, 2.45) is 0 Å². The molecule has 0 bridgehead atoms. The Morgan fingerprint density at radius 2 is 1.08 bits per heavy atom. The van der Waals surface area contributed by atoms with Crippen LogP contribution in [0.15, 0.2) is 148 Å². The number of rotatable bonds is 12. The van der Waals surface area contributed by atoms with Crippen LogP contribution in [0, 0.1) is 3.57 Å². The second-order valence-corrected chi connectivity index (χ2v) is 13.2. The topological polar surface area (TPSA) is 103 Å². The van der Waals surface area contributed by atoms with Crippen LogP contribution in [0.2, 0.25) is 0 Å². The first kappa shape index (κ1) is 39.2. The lowest BCUT2D eigenvalue weighted by Crippen LogP contribution is -2.06. The number of H-pyrrole nitrogens is 2. The Kier molecular flexibility index (Phi) is 16.6. The highest BCUT2D eigenvalue weighted by atomic mass is 127. The molecule has 2 N–H and O–H groups in total. The molecular formula is C40H39IN2O6S2. The second kappa shape index (κ2) is 21.6. The molecule has 2 aromatic heterocycles. The lowest BCUT2D eigenvalue weighted by Gasteiger charge is -2.11. The Labute approximate surface area is 321 Å². The standard InChI is InChI=1S/C20H19NO3S.C12H10INO2.C8H10OS/c1-23-17-9-7-16(8-10-17)14-25-19-11-20(22)21-12-18(19)24-13-15-5-3-2-4-6-15;13-10-6-12(15)14-7-11(10)16-8-9-4-2-1-3-5-9;1-9-8-4-2-7(6-10)3-5-8/h2-12H,13-14H2,1H3,(H,21,22);1-7H,8H2,(H,14,15);2-5,10H,6H2,1H3. The molecule has 0 aliphatic heterocycles. The van der Waals surface area contributed by atoms with Crippen LogP contribution in [0.3, 0.4) is 0 Å². The summed E-state index contributed by atoms with van der Waals surface area (Å²) in [5.74, 6) is 4.63. The minimum absolute atomic E-state index is 0.114. The average Bonchev–Trinajstić information content (AvgIpc) is 3.18. The van der Waals surface area contributed by atoms with Gasteiger partial charge in [-0.2, -0.15) is 12.6 Å². The number of aromatic nitrogens is 2. The van der Waals surface area contributed by atoms with Gasteiger partial charge in [-0.3, -0.25) is 9.59 Å². The van der Waals surface area contributed by atoms with Crippen molar-refractivity contribution >= 4 is 47.0 Å². The van der Waals surface area contributed by atoms with E-state index in [9.17, 15) is 9.59 Å². The molecule has 0 amide bonds. The van der Waals surface area contributed by atoms with Crippen molar-refractivity contribution in [3.05, 3.63) is 180 Å². The lowest BCUT2D eigenvalue weighted by atomic mass is 10.2. The predicted molar refractivity (Wildman–Crippen MR) is 217 cm³/mol. The molecule has 0 spiro atoms. The van der Waals surface area contributed by atoms with E-state index >= 15 is 0 Å². The summed E-state index contributed by atoms with van der Waals surface area (Å²) in [6, 6.07) is 38.7. The molecule has 0 saturated carbocycles. The highest BCUT2D eigenvalue weighted by Gasteiger charge is 2.08. The molecule has 0 unspecified atom stereocenters. The van der Waals surface area contributed by atoms with E-state index in [0.717, 1.165) is 48.2 Å². The lowest BCUT2D eigenvalue weighted by molar-refractivity contribution is 0.297. The van der Waals surface area contributed by atoms with Crippen LogP contribution in [0.25, 0.3) is 0 Å². The van der Waals surface area contributed by atoms with Gasteiger partial charge in [0.25, 0.3) is 0 Å². The smallest absolute Gasteiger partial charge is 0.249 e. The summed E-state index contributed by atoms with van der Waals surface area (Å²) in [6.07, 6.45) is 3.22. The first-order valence-corrected chi connectivity index (χ1v) is 18.5. The fraction of sp³-hybridized carbons (Fsp3) is 0.150. The van der Waals surface area contributed by atoms with E-state index in [4.69, 9.17) is 18.9 Å². The maximum absolute atomic E-state index is 11.7. The Hall–Kier alpha value is -4.59. The van der Waals surface area contributed by atoms with Crippen molar-refractivity contribution in [2.75, 3.05) is 14.2 Å². The van der Waals surface area contributed by atoms with Crippen molar-refractivity contribution in [2.45, 2.75) is 29.6 Å². The van der Waals surface area contributed by atoms with Crippen molar-refractivity contribution in [1.82, 2.24) is 9.97 Å². The summed E-state index contributed by atoms with van der Waals surface area (Å²) < 4.78 is 22.5. The number of aromatic amines is 2. The highest BCUT2D eigenvalue weighted by Crippen LogP contribution is 2.31. The van der Waals surface area contributed by atoms with Gasteiger partial charge in [0.2, 0.25) is 11.1 Å². The molecule has 264 valence electrons. The van der Waals surface area contributed by atoms with E-state index in [2.05, 4.69) is 45.2 Å². The molecule has 11 heteroatoms. The number of halogens is 1. The average molecular weight is 835 g/mol. The summed E-state index contributed by atoms with van der Waals surface area (Å²) in [5.41, 5.74) is 4.30. The molecule has 51 heavy (non-hydrogen) atoms. The number of hydrogen-bond acceptors (Lipinski definition) is 8. The van der Waals surface area contributed by atoms with Gasteiger partial charge in [0.05, 0.1) is 22.7 Å². The SMILES string of the molecule is COc1ccc(CS)cc1.COc1ccc(CSc2cc(=O)[nH]cc2OCc2ccccc2)cc1.O=c1cc(I)c(OCc2ccccc2)c[nH]1. The summed E-state index contributed by atoms with van der Waals surface area (Å²) >= 11 is 7.79. The van der Waals surface area contributed by atoms with Gasteiger partial charge in [-0.1, -0.05) is 84.9 Å². The molecule has 2 heterocycles. The van der Waals surface area contributed by atoms with E-state index in [0.29, 0.717) is 24.7 Å². The van der Waals surface area contributed by atoms with Crippen molar-refractivity contribution in [1.29, 1.82) is 0 Å². The number of hydrogen-bond donors (Lipinski definition) is 3. The van der Waals surface area contributed by atoms with Crippen LogP contribution in [0.1, 0.15) is 22.3 Å². The van der Waals surface area contributed by atoms with Crippen LogP contribution >= 0.6 is 47.0 Å². The van der Waals surface area contributed by atoms with Crippen molar-refractivity contribution in [3.63, 3.8) is 0 Å². The van der Waals surface area contributed by atoms with Crippen LogP contribution in [0.4, 0.5) is 0 Å². The van der Waals surface area contributed by atoms with Crippen molar-refractivity contribution < 1.29 is 18.9 Å². The van der Waals surface area contributed by atoms with E-state index < -0.39 is 0 Å². The molecule has 8 nitrogen and oxygen atoms in total. The Morgan fingerprint density at radius 3 is 1.57 bits per heavy atom. The maximum atomic E-state index is 11.7. The molecule has 4 aromatic carbocycles. The number of thiol groups is 1. The Balaban J connectivity index is 0.000000191. The molecule has 0 radical (unpaired) electrons. The zero-order valence-corrected chi connectivity index (χ0v) is 32.1. The predicted octanol–water partition coefficient (Wildman–Crippen LogP) is 8.94. The molecular weight excluding hydrogens is 795 g/mol. The fourth-order valence-electron chi connectivity index (χ4n) is 4.29. The molecule has 0 aliphatic carbocycles. The summed E-state index contributed by atoms with van der Waals surface area (Å²) in [7, 11) is 3.31. The third kappa shape index (κ3) is 13.9. The van der Waals surface area contributed by atoms with Crippen LogP contribution in [-0.2, 0) is 24.7 Å². The minimum atomic E-state index is -0.135. The zero-order valence-electron chi connectivity index (χ0n) is 28.2. The monoisotopic (exact) mass is 834 g/mol. The Bertz CT molecular complexity index is 1980. The highest BCUT2D eigenvalue weighted by molar-refractivity contribution is 14.1. The number of ether oxygens (including phenoxy) is 4. The van der Waals surface area contributed by atoms with E-state index in [1.807, 2.05) is 109 Å². The summed E-state index contributed by atoms with van der Waals surface area (Å²) in [4.78, 5) is 28.8. The van der Waals surface area contributed by atoms with Crippen LogP contribution in [0.5, 0.6) is 23.0 Å². The van der Waals surface area contributed by atoms with Gasteiger partial charge in [-0.05, 0) is 69.1 Å². The number of benzene rings is 4. The van der Waals surface area contributed by atoms with E-state index in [-0.39, 0.29) is 11.1 Å². The fourth-order valence-corrected chi connectivity index (χ4v) is 6.06. The normalized spacial score (nSPS) is 10.1. The third-order valence-electron chi connectivity index (χ3n) is 7.06. The van der Waals surface area contributed by atoms with Gasteiger partial charge in [0, 0.05) is 36.0 Å². The number of pyridine rings is 2. The largest absolute Gasteiger partial charge is 0.497 e. The molecule has 6 aromatic rings. The quantitative estimate of drug-likeness (QED) is 0.0643. The number of methoxy groups -OCH3 is 2. The van der Waals surface area contributed by atoms with Gasteiger partial charge in [0.1, 0.15) is 36.2 Å². The Morgan fingerprint density at radius 1 is 0.608 bits per heavy atom. The zero-order chi connectivity index (χ0) is 36.3. The molecule has 0 fully saturated rings. The van der Waals surface area contributed by atoms with Gasteiger partial charge >= 0.3 is 0 Å². The van der Waals surface area contributed by atoms with Gasteiger partial charge in [0.15, 0.2) is 0 Å². The van der Waals surface area contributed by atoms with Crippen molar-refractivity contribution in [3.8, 4) is 23.0 Å². The summed E-state index contributed by atoms with van der Waals surface area (Å²) in [5, 5.41) is 0. The molecule has 6 rings (SSSR count).